The Balaban J connectivity index is 1.90. The zero-order valence-corrected chi connectivity index (χ0v) is 25.9. The summed E-state index contributed by atoms with van der Waals surface area (Å²) >= 11 is 0. The smallest absolute Gasteiger partial charge is 0.303 e. The molecule has 7 N–H and O–H groups in total. The number of hydrogen-bond acceptors (Lipinski definition) is 5. The fraction of sp³-hybridized carbons (Fsp3) is 0.382. The van der Waals surface area contributed by atoms with Gasteiger partial charge in [0.25, 0.3) is 0 Å². The highest BCUT2D eigenvalue weighted by molar-refractivity contribution is 6.23. The Morgan fingerprint density at radius 3 is 1.95 bits per heavy atom. The summed E-state index contributed by atoms with van der Waals surface area (Å²) in [7, 11) is 0. The number of carbonyl (C=O) groups is 2. The van der Waals surface area contributed by atoms with Crippen LogP contribution < -0.4 is 21.4 Å². The number of carboxylic acids is 2. The van der Waals surface area contributed by atoms with E-state index in [2.05, 4.69) is 15.0 Å². The van der Waals surface area contributed by atoms with Crippen molar-refractivity contribution in [3.05, 3.63) is 77.3 Å². The third-order valence-corrected chi connectivity index (χ3v) is 8.89. The van der Waals surface area contributed by atoms with E-state index in [9.17, 15) is 30.0 Å². The maximum atomic E-state index is 11.6. The van der Waals surface area contributed by atoms with Crippen molar-refractivity contribution in [3.63, 3.8) is 0 Å². The van der Waals surface area contributed by atoms with Crippen molar-refractivity contribution in [2.24, 2.45) is 4.99 Å². The number of nitrogens with zero attached hydrogens (tertiary/aromatic N) is 1. The van der Waals surface area contributed by atoms with Gasteiger partial charge in [0.15, 0.2) is 0 Å². The molecule has 0 aliphatic carbocycles. The van der Waals surface area contributed by atoms with Crippen LogP contribution in [0.1, 0.15) is 84.5 Å². The quantitative estimate of drug-likeness (QED) is 0.206. The first kappa shape index (κ1) is 31.0. The Morgan fingerprint density at radius 2 is 1.34 bits per heavy atom. The van der Waals surface area contributed by atoms with Gasteiger partial charge in [0.05, 0.1) is 24.0 Å². The van der Waals surface area contributed by atoms with Crippen LogP contribution in [0.2, 0.25) is 0 Å². The highest BCUT2D eigenvalue weighted by Gasteiger charge is 2.27. The van der Waals surface area contributed by atoms with E-state index in [0.29, 0.717) is 18.6 Å². The molecule has 232 valence electrons. The summed E-state index contributed by atoms with van der Waals surface area (Å²) in [6.07, 6.45) is 6.75. The first-order valence-electron chi connectivity index (χ1n) is 14.9. The number of rotatable bonds is 8. The second kappa shape index (κ2) is 11.9. The third kappa shape index (κ3) is 5.75. The minimum absolute atomic E-state index is 0.0462. The fourth-order valence-corrected chi connectivity index (χ4v) is 6.55. The number of nitrogens with one attached hydrogen (secondary N) is 3. The number of hydrogen-bond donors (Lipinski definition) is 7. The molecule has 2 aliphatic heterocycles. The van der Waals surface area contributed by atoms with Crippen LogP contribution in [-0.4, -0.2) is 65.2 Å². The average molecular weight is 601 g/mol. The summed E-state index contributed by atoms with van der Waals surface area (Å²) < 4.78 is 0. The van der Waals surface area contributed by atoms with Crippen LogP contribution in [0.15, 0.2) is 16.1 Å². The number of aromatic nitrogens is 3. The van der Waals surface area contributed by atoms with Crippen molar-refractivity contribution in [2.75, 3.05) is 0 Å². The van der Waals surface area contributed by atoms with Crippen LogP contribution in [0, 0.1) is 20.8 Å². The number of fused-ring (bicyclic) bond motifs is 7. The first-order valence-corrected chi connectivity index (χ1v) is 14.9. The lowest BCUT2D eigenvalue weighted by atomic mass is 9.97. The van der Waals surface area contributed by atoms with E-state index in [1.165, 1.54) is 0 Å². The normalized spacial score (nSPS) is 17.3. The highest BCUT2D eigenvalue weighted by atomic mass is 16.4. The SMILES string of the molecule is CC1=C(C(C)O)C2=NC1C=c1[nH]c(c(C)c1C(C)O)=Cc1[nH]c(c(CCC(=O)O)c1C)C=c1[nH]c(c(C)c1CCC(=O)O)=C2. The van der Waals surface area contributed by atoms with Gasteiger partial charge in [0, 0.05) is 56.8 Å². The zero-order valence-electron chi connectivity index (χ0n) is 25.9. The predicted octanol–water partition coefficient (Wildman–Crippen LogP) is 1.44. The number of carboxylic acid groups (broad SMARTS) is 2. The molecular weight excluding hydrogens is 560 g/mol. The lowest BCUT2D eigenvalue weighted by molar-refractivity contribution is -0.138. The van der Waals surface area contributed by atoms with Crippen molar-refractivity contribution in [1.29, 1.82) is 0 Å². The Morgan fingerprint density at radius 1 is 0.750 bits per heavy atom. The fourth-order valence-electron chi connectivity index (χ4n) is 6.55. The standard InChI is InChI=1S/C34H40N4O6/c1-15-21(7-9-31(41)42)27-14-28-22(8-10-32(43)44)16(2)24(36-28)12-29-34(20(6)40)18(4)26(38-29)13-30-33(19(5)39)17(3)25(37-30)11-23(15)35-27/h11-14,19-20,26,35-37,39-40H,7-10H2,1-6H3,(H,41,42)(H,43,44). The van der Waals surface area contributed by atoms with Crippen LogP contribution >= 0.6 is 0 Å². The first-order chi connectivity index (χ1) is 20.8. The van der Waals surface area contributed by atoms with Crippen LogP contribution in [0.3, 0.4) is 0 Å². The van der Waals surface area contributed by atoms with E-state index >= 15 is 0 Å². The monoisotopic (exact) mass is 600 g/mol. The van der Waals surface area contributed by atoms with Gasteiger partial charge >= 0.3 is 11.9 Å². The molecule has 5 rings (SSSR count). The molecule has 0 saturated heterocycles. The Hall–Kier alpha value is -4.41. The maximum Gasteiger partial charge on any atom is 0.303 e. The second-order valence-electron chi connectivity index (χ2n) is 11.9. The molecule has 0 aromatic carbocycles. The van der Waals surface area contributed by atoms with Gasteiger partial charge in [0.1, 0.15) is 0 Å². The molecule has 2 aliphatic rings. The van der Waals surface area contributed by atoms with Gasteiger partial charge in [-0.15, -0.1) is 0 Å². The number of aliphatic hydroxyl groups excluding tert-OH is 2. The van der Waals surface area contributed by atoms with Crippen molar-refractivity contribution >= 4 is 42.0 Å². The average Bonchev–Trinajstić information content (AvgIpc) is 3.59. The van der Waals surface area contributed by atoms with E-state index < -0.39 is 24.1 Å². The van der Waals surface area contributed by atoms with E-state index in [4.69, 9.17) is 4.99 Å². The number of H-pyrrole nitrogens is 3. The molecule has 3 aromatic rings. The summed E-state index contributed by atoms with van der Waals surface area (Å²) in [6.45, 7) is 11.2. The second-order valence-corrected chi connectivity index (χ2v) is 11.9. The molecule has 8 bridgehead atoms. The van der Waals surface area contributed by atoms with Crippen LogP contribution in [-0.2, 0) is 22.4 Å². The molecule has 3 atom stereocenters. The van der Waals surface area contributed by atoms with Gasteiger partial charge in [-0.3, -0.25) is 14.6 Å². The van der Waals surface area contributed by atoms with Crippen molar-refractivity contribution in [3.8, 4) is 0 Å². The summed E-state index contributed by atoms with van der Waals surface area (Å²) in [5.41, 5.74) is 8.91. The Kier molecular flexibility index (Phi) is 8.42. The van der Waals surface area contributed by atoms with E-state index in [1.54, 1.807) is 13.8 Å². The highest BCUT2D eigenvalue weighted by Crippen LogP contribution is 2.27. The molecule has 0 radical (unpaired) electrons. The van der Waals surface area contributed by atoms with Crippen molar-refractivity contribution in [2.45, 2.75) is 85.5 Å². The molecule has 5 heterocycles. The van der Waals surface area contributed by atoms with E-state index in [0.717, 1.165) is 77.3 Å². The molecule has 0 spiro atoms. The van der Waals surface area contributed by atoms with Crippen LogP contribution in [0.4, 0.5) is 0 Å². The molecule has 0 amide bonds. The molecule has 3 aromatic heterocycles. The lowest BCUT2D eigenvalue weighted by Crippen LogP contribution is -2.18. The predicted molar refractivity (Wildman–Crippen MR) is 169 cm³/mol. The number of aliphatic carboxylic acids is 2. The Bertz CT molecular complexity index is 1980. The topological polar surface area (TPSA) is 175 Å². The van der Waals surface area contributed by atoms with Crippen molar-refractivity contribution in [1.82, 2.24) is 15.0 Å². The summed E-state index contributed by atoms with van der Waals surface area (Å²) in [6, 6.07) is -0.378. The molecule has 3 unspecified atom stereocenters. The van der Waals surface area contributed by atoms with Gasteiger partial charge in [-0.1, -0.05) is 0 Å². The van der Waals surface area contributed by atoms with Gasteiger partial charge < -0.3 is 35.4 Å². The number of aliphatic hydroxyl groups is 2. The third-order valence-electron chi connectivity index (χ3n) is 8.89. The molecular formula is C34H40N4O6. The van der Waals surface area contributed by atoms with E-state index in [-0.39, 0.29) is 18.9 Å². The van der Waals surface area contributed by atoms with E-state index in [1.807, 2.05) is 52.0 Å². The molecule has 0 fully saturated rings. The zero-order chi connectivity index (χ0) is 32.0. The minimum Gasteiger partial charge on any atom is -0.481 e. The number of aromatic amines is 3. The largest absolute Gasteiger partial charge is 0.481 e. The van der Waals surface area contributed by atoms with Gasteiger partial charge in [0.2, 0.25) is 0 Å². The summed E-state index contributed by atoms with van der Waals surface area (Å²) in [5, 5.41) is 43.6. The molecule has 10 heteroatoms. The molecule has 10 nitrogen and oxygen atoms in total. The van der Waals surface area contributed by atoms with Gasteiger partial charge in [-0.05, 0) is 112 Å². The minimum atomic E-state index is -0.902. The molecule has 0 saturated carbocycles. The Labute approximate surface area is 254 Å². The number of aliphatic imine (C=N–C) groups is 1. The maximum absolute atomic E-state index is 11.6. The van der Waals surface area contributed by atoms with Gasteiger partial charge in [-0.25, -0.2) is 0 Å². The van der Waals surface area contributed by atoms with Crippen LogP contribution in [0.25, 0.3) is 24.3 Å². The van der Waals surface area contributed by atoms with Crippen molar-refractivity contribution < 1.29 is 30.0 Å². The summed E-state index contributed by atoms with van der Waals surface area (Å²) in [5.74, 6) is -1.80. The summed E-state index contributed by atoms with van der Waals surface area (Å²) in [4.78, 5) is 38.6. The van der Waals surface area contributed by atoms with Crippen LogP contribution in [0.5, 0.6) is 0 Å². The molecule has 44 heavy (non-hydrogen) atoms. The van der Waals surface area contributed by atoms with Gasteiger partial charge in [-0.2, -0.15) is 0 Å². The lowest BCUT2D eigenvalue weighted by Gasteiger charge is -2.09.